The van der Waals surface area contributed by atoms with Crippen LogP contribution in [-0.2, 0) is 0 Å². The number of nitrogens with two attached hydrogens (primary N) is 1. The third-order valence-electron chi connectivity index (χ3n) is 1.99. The van der Waals surface area contributed by atoms with Crippen LogP contribution in [0.2, 0.25) is 0 Å². The number of para-hydroxylation sites is 1. The summed E-state index contributed by atoms with van der Waals surface area (Å²) in [5, 5.41) is 0. The van der Waals surface area contributed by atoms with Crippen molar-refractivity contribution in [1.29, 1.82) is 0 Å². The van der Waals surface area contributed by atoms with E-state index in [4.69, 9.17) is 10.5 Å². The van der Waals surface area contributed by atoms with Crippen molar-refractivity contribution in [3.63, 3.8) is 0 Å². The number of anilines is 1. The van der Waals surface area contributed by atoms with Gasteiger partial charge in [-0.2, -0.15) is 0 Å². The normalized spacial score (nSPS) is 9.94. The van der Waals surface area contributed by atoms with Crippen LogP contribution in [0.3, 0.4) is 0 Å². The quantitative estimate of drug-likeness (QED) is 0.521. The first-order chi connectivity index (χ1) is 8.18. The minimum absolute atomic E-state index is 0.131. The first kappa shape index (κ1) is 11.5. The maximum Gasteiger partial charge on any atom is 0.364 e. The Labute approximate surface area is 106 Å². The topological polar surface area (TPSA) is 78.1 Å². The Hall–Kier alpha value is -1.95. The first-order valence-corrected chi connectivity index (χ1v) is 5.50. The molecule has 0 amide bonds. The number of benzene rings is 1. The fraction of sp³-hybridized carbons (Fsp3) is 0. The Bertz CT molecular complexity index is 546. The van der Waals surface area contributed by atoms with Crippen LogP contribution in [0.5, 0.6) is 5.75 Å². The monoisotopic (exact) mass is 293 g/mol. The van der Waals surface area contributed by atoms with E-state index in [0.29, 0.717) is 10.2 Å². The molecule has 86 valence electrons. The zero-order chi connectivity index (χ0) is 12.3. The van der Waals surface area contributed by atoms with Crippen LogP contribution in [0.25, 0.3) is 0 Å². The molecule has 0 aliphatic heterocycles. The van der Waals surface area contributed by atoms with Crippen LogP contribution in [0, 0.1) is 0 Å². The van der Waals surface area contributed by atoms with Gasteiger partial charge in [0.2, 0.25) is 0 Å². The molecule has 1 aromatic heterocycles. The number of halogens is 1. The molecule has 6 heteroatoms. The molecular formula is C11H8BrN3O2. The zero-order valence-corrected chi connectivity index (χ0v) is 10.2. The Balaban J connectivity index is 2.22. The molecular weight excluding hydrogens is 286 g/mol. The molecule has 0 aliphatic rings. The van der Waals surface area contributed by atoms with Gasteiger partial charge in [0, 0.05) is 16.9 Å². The summed E-state index contributed by atoms with van der Waals surface area (Å²) in [5.41, 5.74) is 6.25. The Morgan fingerprint density at radius 3 is 2.88 bits per heavy atom. The molecule has 0 saturated carbocycles. The second kappa shape index (κ2) is 4.92. The largest absolute Gasteiger partial charge is 0.420 e. The highest BCUT2D eigenvalue weighted by Crippen LogP contribution is 2.29. The molecule has 0 saturated heterocycles. The average molecular weight is 294 g/mol. The summed E-state index contributed by atoms with van der Waals surface area (Å²) >= 11 is 3.25. The molecule has 0 radical (unpaired) electrons. The van der Waals surface area contributed by atoms with Crippen molar-refractivity contribution in [3.8, 4) is 5.75 Å². The SMILES string of the molecule is Nc1c(Br)cccc1OC(=O)c1cnccn1. The molecule has 2 aromatic rings. The number of carbonyl (C=O) groups excluding carboxylic acids is 1. The van der Waals surface area contributed by atoms with Crippen molar-refractivity contribution in [2.24, 2.45) is 0 Å². The van der Waals surface area contributed by atoms with Crippen molar-refractivity contribution in [1.82, 2.24) is 9.97 Å². The molecule has 2 rings (SSSR count). The predicted octanol–water partition coefficient (Wildman–Crippen LogP) is 2.04. The Kier molecular flexibility index (Phi) is 3.34. The summed E-state index contributed by atoms with van der Waals surface area (Å²) in [7, 11) is 0. The molecule has 5 nitrogen and oxygen atoms in total. The van der Waals surface area contributed by atoms with Crippen molar-refractivity contribution < 1.29 is 9.53 Å². The summed E-state index contributed by atoms with van der Waals surface area (Å²) in [4.78, 5) is 19.3. The number of hydrogen-bond donors (Lipinski definition) is 1. The fourth-order valence-electron chi connectivity index (χ4n) is 1.16. The van der Waals surface area contributed by atoms with Crippen LogP contribution >= 0.6 is 15.9 Å². The predicted molar refractivity (Wildman–Crippen MR) is 65.5 cm³/mol. The van der Waals surface area contributed by atoms with Gasteiger partial charge in [-0.3, -0.25) is 4.98 Å². The molecule has 0 bridgehead atoms. The standard InChI is InChI=1S/C11H8BrN3O2/c12-7-2-1-3-9(10(7)13)17-11(16)8-6-14-4-5-15-8/h1-6H,13H2. The smallest absolute Gasteiger partial charge is 0.364 e. The highest BCUT2D eigenvalue weighted by molar-refractivity contribution is 9.10. The molecule has 2 N–H and O–H groups in total. The van der Waals surface area contributed by atoms with Gasteiger partial charge in [0.15, 0.2) is 11.4 Å². The van der Waals surface area contributed by atoms with E-state index in [9.17, 15) is 4.79 Å². The van der Waals surface area contributed by atoms with Gasteiger partial charge >= 0.3 is 5.97 Å². The van der Waals surface area contributed by atoms with Crippen LogP contribution in [0.4, 0.5) is 5.69 Å². The third-order valence-corrected chi connectivity index (χ3v) is 2.68. The van der Waals surface area contributed by atoms with E-state index in [-0.39, 0.29) is 11.4 Å². The molecule has 0 atom stereocenters. The molecule has 0 fully saturated rings. The van der Waals surface area contributed by atoms with Crippen LogP contribution in [0.1, 0.15) is 10.5 Å². The second-order valence-electron chi connectivity index (χ2n) is 3.13. The van der Waals surface area contributed by atoms with Gasteiger partial charge < -0.3 is 10.5 Å². The number of hydrogen-bond acceptors (Lipinski definition) is 5. The third kappa shape index (κ3) is 2.59. The molecule has 0 spiro atoms. The number of carbonyl (C=O) groups is 1. The Morgan fingerprint density at radius 1 is 1.35 bits per heavy atom. The summed E-state index contributed by atoms with van der Waals surface area (Å²) in [6.07, 6.45) is 4.22. The number of ether oxygens (including phenoxy) is 1. The number of rotatable bonds is 2. The van der Waals surface area contributed by atoms with Crippen molar-refractivity contribution in [2.45, 2.75) is 0 Å². The summed E-state index contributed by atoms with van der Waals surface area (Å²) < 4.78 is 5.78. The van der Waals surface area contributed by atoms with E-state index in [0.717, 1.165) is 0 Å². The minimum atomic E-state index is -0.595. The highest BCUT2D eigenvalue weighted by Gasteiger charge is 2.12. The van der Waals surface area contributed by atoms with E-state index in [2.05, 4.69) is 25.9 Å². The van der Waals surface area contributed by atoms with Gasteiger partial charge in [0.25, 0.3) is 0 Å². The highest BCUT2D eigenvalue weighted by atomic mass is 79.9. The number of nitrogen functional groups attached to an aromatic ring is 1. The van der Waals surface area contributed by atoms with Crippen LogP contribution < -0.4 is 10.5 Å². The molecule has 1 aromatic carbocycles. The second-order valence-corrected chi connectivity index (χ2v) is 3.99. The molecule has 1 heterocycles. The van der Waals surface area contributed by atoms with Gasteiger partial charge in [-0.25, -0.2) is 9.78 Å². The van der Waals surface area contributed by atoms with E-state index < -0.39 is 5.97 Å². The van der Waals surface area contributed by atoms with Crippen LogP contribution in [0.15, 0.2) is 41.3 Å². The molecule has 0 aliphatic carbocycles. The summed E-state index contributed by atoms with van der Waals surface area (Å²) in [5.74, 6) is -0.307. The van der Waals surface area contributed by atoms with Crippen molar-refractivity contribution in [3.05, 3.63) is 47.0 Å². The summed E-state index contributed by atoms with van der Waals surface area (Å²) in [6.45, 7) is 0. The number of aromatic nitrogens is 2. The van der Waals surface area contributed by atoms with Gasteiger partial charge in [-0.15, -0.1) is 0 Å². The van der Waals surface area contributed by atoms with Crippen molar-refractivity contribution >= 4 is 27.6 Å². The first-order valence-electron chi connectivity index (χ1n) is 4.70. The van der Waals surface area contributed by atoms with Gasteiger partial charge in [0.1, 0.15) is 0 Å². The van der Waals surface area contributed by atoms with E-state index in [1.807, 2.05) is 0 Å². The Morgan fingerprint density at radius 2 is 2.18 bits per heavy atom. The van der Waals surface area contributed by atoms with Gasteiger partial charge in [-0.1, -0.05) is 6.07 Å². The van der Waals surface area contributed by atoms with Crippen molar-refractivity contribution in [2.75, 3.05) is 5.73 Å². The van der Waals surface area contributed by atoms with E-state index in [1.54, 1.807) is 18.2 Å². The average Bonchev–Trinajstić information content (AvgIpc) is 2.36. The summed E-state index contributed by atoms with van der Waals surface area (Å²) in [6, 6.07) is 5.09. The fourth-order valence-corrected chi connectivity index (χ4v) is 1.51. The lowest BCUT2D eigenvalue weighted by Crippen LogP contribution is -2.11. The molecule has 0 unspecified atom stereocenters. The maximum absolute atomic E-state index is 11.7. The van der Waals surface area contributed by atoms with Crippen LogP contribution in [-0.4, -0.2) is 15.9 Å². The van der Waals surface area contributed by atoms with Gasteiger partial charge in [-0.05, 0) is 28.1 Å². The minimum Gasteiger partial charge on any atom is -0.420 e. The van der Waals surface area contributed by atoms with E-state index >= 15 is 0 Å². The number of nitrogens with zero attached hydrogens (tertiary/aromatic N) is 2. The van der Waals surface area contributed by atoms with E-state index in [1.165, 1.54) is 18.6 Å². The lowest BCUT2D eigenvalue weighted by atomic mass is 10.3. The number of esters is 1. The lowest BCUT2D eigenvalue weighted by Gasteiger charge is -2.07. The molecule has 17 heavy (non-hydrogen) atoms. The zero-order valence-electron chi connectivity index (χ0n) is 8.63. The lowest BCUT2D eigenvalue weighted by molar-refractivity contribution is 0.0729. The maximum atomic E-state index is 11.7. The van der Waals surface area contributed by atoms with Gasteiger partial charge in [0.05, 0.1) is 11.9 Å².